The van der Waals surface area contributed by atoms with Crippen LogP contribution in [0.4, 0.5) is 13.2 Å². The highest BCUT2D eigenvalue weighted by Crippen LogP contribution is 2.23. The van der Waals surface area contributed by atoms with Crippen LogP contribution < -0.4 is 0 Å². The van der Waals surface area contributed by atoms with Gasteiger partial charge < -0.3 is 10.0 Å². The Bertz CT molecular complexity index is 239. The maximum absolute atomic E-state index is 11.9. The molecule has 0 spiro atoms. The predicted octanol–water partition coefficient (Wildman–Crippen LogP) is 0.870. The fraction of sp³-hybridized carbons (Fsp3) is 0.714. The number of amides is 1. The molecule has 82 valence electrons. The molecule has 0 aliphatic heterocycles. The fourth-order valence-corrected chi connectivity index (χ4v) is 0.829. The molecule has 1 atom stereocenters. The summed E-state index contributed by atoms with van der Waals surface area (Å²) in [6.07, 6.45) is -6.15. The molecule has 0 radical (unpaired) electrons. The molecule has 0 aliphatic rings. The van der Waals surface area contributed by atoms with Gasteiger partial charge in [0.15, 0.2) is 0 Å². The fourth-order valence-electron chi connectivity index (χ4n) is 0.829. The Morgan fingerprint density at radius 2 is 1.86 bits per heavy atom. The van der Waals surface area contributed by atoms with Gasteiger partial charge in [-0.15, -0.1) is 0 Å². The van der Waals surface area contributed by atoms with Crippen molar-refractivity contribution in [3.63, 3.8) is 0 Å². The summed E-state index contributed by atoms with van der Waals surface area (Å²) in [5.74, 6) is -2.39. The van der Waals surface area contributed by atoms with Gasteiger partial charge in [-0.25, -0.2) is 4.79 Å². The largest absolute Gasteiger partial charge is 0.480 e. The van der Waals surface area contributed by atoms with E-state index in [0.717, 1.165) is 14.0 Å². The number of nitrogens with zero attached hydrogens (tertiary/aromatic N) is 1. The molecule has 1 amide bonds. The lowest BCUT2D eigenvalue weighted by atomic mass is 10.2. The Hall–Kier alpha value is -1.27. The Balaban J connectivity index is 4.62. The Labute approximate surface area is 78.3 Å². The van der Waals surface area contributed by atoms with E-state index in [4.69, 9.17) is 5.11 Å². The van der Waals surface area contributed by atoms with E-state index in [2.05, 4.69) is 0 Å². The third-order valence-corrected chi connectivity index (χ3v) is 1.67. The van der Waals surface area contributed by atoms with Gasteiger partial charge in [0.05, 0.1) is 6.42 Å². The molecule has 0 bridgehead atoms. The van der Waals surface area contributed by atoms with E-state index in [-0.39, 0.29) is 0 Å². The number of alkyl halides is 3. The van der Waals surface area contributed by atoms with E-state index in [1.165, 1.54) is 0 Å². The number of carbonyl (C=O) groups excluding carboxylic acids is 1. The van der Waals surface area contributed by atoms with Crippen molar-refractivity contribution in [2.45, 2.75) is 25.6 Å². The summed E-state index contributed by atoms with van der Waals surface area (Å²) in [7, 11) is 1.02. The minimum absolute atomic E-state index is 0.551. The number of hydrogen-bond donors (Lipinski definition) is 1. The molecule has 14 heavy (non-hydrogen) atoms. The van der Waals surface area contributed by atoms with E-state index in [1.54, 1.807) is 0 Å². The summed E-state index contributed by atoms with van der Waals surface area (Å²) in [5, 5.41) is 8.46. The number of carboxylic acid groups (broad SMARTS) is 1. The van der Waals surface area contributed by atoms with Crippen LogP contribution in [-0.4, -0.2) is 41.1 Å². The van der Waals surface area contributed by atoms with Gasteiger partial charge in [0.1, 0.15) is 6.04 Å². The zero-order valence-electron chi connectivity index (χ0n) is 7.63. The first-order valence-electron chi connectivity index (χ1n) is 3.68. The van der Waals surface area contributed by atoms with Crippen molar-refractivity contribution in [3.05, 3.63) is 0 Å². The molecular formula is C7H10F3NO3. The number of carboxylic acids is 1. The molecule has 0 aromatic carbocycles. The van der Waals surface area contributed by atoms with Crippen LogP contribution in [0.5, 0.6) is 0 Å². The third-order valence-electron chi connectivity index (χ3n) is 1.67. The van der Waals surface area contributed by atoms with Crippen molar-refractivity contribution < 1.29 is 27.9 Å². The Morgan fingerprint density at radius 3 is 2.07 bits per heavy atom. The predicted molar refractivity (Wildman–Crippen MR) is 40.5 cm³/mol. The lowest BCUT2D eigenvalue weighted by Gasteiger charge is -2.24. The van der Waals surface area contributed by atoms with Crippen molar-refractivity contribution in [3.8, 4) is 0 Å². The van der Waals surface area contributed by atoms with Gasteiger partial charge in [-0.1, -0.05) is 0 Å². The van der Waals surface area contributed by atoms with Gasteiger partial charge in [-0.3, -0.25) is 4.79 Å². The maximum atomic E-state index is 11.9. The molecule has 1 unspecified atom stereocenters. The van der Waals surface area contributed by atoms with Gasteiger partial charge in [0.25, 0.3) is 0 Å². The topological polar surface area (TPSA) is 57.6 Å². The summed E-state index contributed by atoms with van der Waals surface area (Å²) in [6, 6.07) is -1.85. The molecule has 0 saturated heterocycles. The number of likely N-dealkylation sites (N-methyl/N-ethyl adjacent to an activating group) is 1. The van der Waals surface area contributed by atoms with Gasteiger partial charge in [0.2, 0.25) is 5.91 Å². The van der Waals surface area contributed by atoms with Crippen molar-refractivity contribution >= 4 is 11.9 Å². The highest BCUT2D eigenvalue weighted by molar-refractivity contribution is 5.82. The van der Waals surface area contributed by atoms with Crippen molar-refractivity contribution in [1.82, 2.24) is 4.90 Å². The standard InChI is InChI=1S/C7H10F3NO3/c1-4(12)11(2)5(6(13)14)3-7(8,9)10/h5H,3H2,1-2H3,(H,13,14). The van der Waals surface area contributed by atoms with E-state index in [0.29, 0.717) is 4.90 Å². The van der Waals surface area contributed by atoms with Gasteiger partial charge in [-0.05, 0) is 0 Å². The van der Waals surface area contributed by atoms with Gasteiger partial charge in [0, 0.05) is 14.0 Å². The minimum atomic E-state index is -4.60. The summed E-state index contributed by atoms with van der Waals surface area (Å²) >= 11 is 0. The first kappa shape index (κ1) is 12.7. The van der Waals surface area contributed by atoms with E-state index in [1.807, 2.05) is 0 Å². The van der Waals surface area contributed by atoms with Crippen LogP contribution in [0.25, 0.3) is 0 Å². The molecule has 0 saturated carbocycles. The molecule has 4 nitrogen and oxygen atoms in total. The molecular weight excluding hydrogens is 203 g/mol. The van der Waals surface area contributed by atoms with E-state index >= 15 is 0 Å². The van der Waals surface area contributed by atoms with Gasteiger partial charge in [-0.2, -0.15) is 13.2 Å². The van der Waals surface area contributed by atoms with Gasteiger partial charge >= 0.3 is 12.1 Å². The SMILES string of the molecule is CC(=O)N(C)C(CC(F)(F)F)C(=O)O. The monoisotopic (exact) mass is 213 g/mol. The Morgan fingerprint density at radius 1 is 1.43 bits per heavy atom. The van der Waals surface area contributed by atoms with Crippen LogP contribution in [-0.2, 0) is 9.59 Å². The third kappa shape index (κ3) is 4.11. The molecule has 0 fully saturated rings. The zero-order valence-corrected chi connectivity index (χ0v) is 7.63. The second-order valence-corrected chi connectivity index (χ2v) is 2.80. The summed E-state index contributed by atoms with van der Waals surface area (Å²) in [4.78, 5) is 21.7. The van der Waals surface area contributed by atoms with Crippen LogP contribution in [0.2, 0.25) is 0 Å². The quantitative estimate of drug-likeness (QED) is 0.756. The Kier molecular flexibility index (Phi) is 3.91. The molecule has 1 N–H and O–H groups in total. The summed E-state index contributed by atoms with van der Waals surface area (Å²) in [6.45, 7) is 1.01. The van der Waals surface area contributed by atoms with E-state index in [9.17, 15) is 22.8 Å². The number of halogens is 3. The molecule has 7 heteroatoms. The second-order valence-electron chi connectivity index (χ2n) is 2.80. The zero-order chi connectivity index (χ0) is 11.5. The lowest BCUT2D eigenvalue weighted by Crippen LogP contribution is -2.43. The molecule has 0 aromatic heterocycles. The number of rotatable bonds is 3. The molecule has 0 aliphatic carbocycles. The highest BCUT2D eigenvalue weighted by Gasteiger charge is 2.38. The number of carbonyl (C=O) groups is 2. The lowest BCUT2D eigenvalue weighted by molar-refractivity contribution is -0.168. The minimum Gasteiger partial charge on any atom is -0.480 e. The maximum Gasteiger partial charge on any atom is 0.391 e. The summed E-state index contributed by atoms with van der Waals surface area (Å²) < 4.78 is 35.7. The second kappa shape index (κ2) is 4.30. The normalized spacial score (nSPS) is 13.5. The molecule has 0 heterocycles. The van der Waals surface area contributed by atoms with E-state index < -0.39 is 30.5 Å². The first-order valence-corrected chi connectivity index (χ1v) is 3.68. The van der Waals surface area contributed by atoms with Crippen molar-refractivity contribution in [2.75, 3.05) is 7.05 Å². The smallest absolute Gasteiger partial charge is 0.391 e. The average Bonchev–Trinajstić information content (AvgIpc) is 1.96. The van der Waals surface area contributed by atoms with Crippen LogP contribution in [0.3, 0.4) is 0 Å². The van der Waals surface area contributed by atoms with Crippen LogP contribution in [0.15, 0.2) is 0 Å². The van der Waals surface area contributed by atoms with Crippen molar-refractivity contribution in [2.24, 2.45) is 0 Å². The average molecular weight is 213 g/mol. The summed E-state index contributed by atoms with van der Waals surface area (Å²) in [5.41, 5.74) is 0. The number of aliphatic carboxylic acids is 1. The molecule has 0 aromatic rings. The molecule has 0 rings (SSSR count). The highest BCUT2D eigenvalue weighted by atomic mass is 19.4. The van der Waals surface area contributed by atoms with Crippen molar-refractivity contribution in [1.29, 1.82) is 0 Å². The van der Waals surface area contributed by atoms with Crippen LogP contribution >= 0.6 is 0 Å². The number of hydrogen-bond acceptors (Lipinski definition) is 2. The van der Waals surface area contributed by atoms with Crippen LogP contribution in [0, 0.1) is 0 Å². The van der Waals surface area contributed by atoms with Crippen LogP contribution in [0.1, 0.15) is 13.3 Å². The first-order chi connectivity index (χ1) is 6.15.